The second-order valence-corrected chi connectivity index (χ2v) is 5.86. The van der Waals surface area contributed by atoms with Gasteiger partial charge in [-0.05, 0) is 31.2 Å². The molecule has 1 heterocycles. The Bertz CT molecular complexity index is 579. The molecule has 1 N–H and O–H groups in total. The number of hydrogen-bond donors (Lipinski definition) is 1. The Morgan fingerprint density at radius 1 is 1.10 bits per heavy atom. The Hall–Kier alpha value is -1.55. The van der Waals surface area contributed by atoms with Crippen LogP contribution in [-0.2, 0) is 6.42 Å². The molecule has 0 saturated heterocycles. The minimum absolute atomic E-state index is 0.789. The van der Waals surface area contributed by atoms with E-state index in [2.05, 4.69) is 53.4 Å². The summed E-state index contributed by atoms with van der Waals surface area (Å²) < 4.78 is 0. The monoisotopic (exact) mass is 287 g/mol. The molecule has 20 heavy (non-hydrogen) atoms. The Morgan fingerprint density at radius 3 is 2.35 bits per heavy atom. The highest BCUT2D eigenvalue weighted by Gasteiger charge is 2.10. The van der Waals surface area contributed by atoms with E-state index in [0.29, 0.717) is 0 Å². The number of rotatable bonds is 5. The number of hydrogen-bond acceptors (Lipinski definition) is 4. The summed E-state index contributed by atoms with van der Waals surface area (Å²) in [7, 11) is 1.91. The highest BCUT2D eigenvalue weighted by atomic mass is 32.2. The van der Waals surface area contributed by atoms with Crippen LogP contribution in [0, 0.1) is 6.92 Å². The summed E-state index contributed by atoms with van der Waals surface area (Å²) in [5.74, 6) is 2.81. The lowest BCUT2D eigenvalue weighted by molar-refractivity contribution is 1.00. The molecule has 1 aromatic carbocycles. The van der Waals surface area contributed by atoms with Gasteiger partial charge in [0.25, 0.3) is 0 Å². The molecule has 0 amide bonds. The van der Waals surface area contributed by atoms with Crippen molar-refractivity contribution in [3.05, 3.63) is 35.5 Å². The number of nitrogens with one attached hydrogen (secondary N) is 1. The van der Waals surface area contributed by atoms with Crippen molar-refractivity contribution in [3.8, 4) is 11.4 Å². The predicted molar refractivity (Wildman–Crippen MR) is 87.5 cm³/mol. The van der Waals surface area contributed by atoms with E-state index in [1.54, 1.807) is 0 Å². The first-order valence-corrected chi connectivity index (χ1v) is 7.96. The van der Waals surface area contributed by atoms with Crippen LogP contribution in [-0.4, -0.2) is 22.8 Å². The third-order valence-electron chi connectivity index (χ3n) is 3.23. The van der Waals surface area contributed by atoms with Crippen molar-refractivity contribution in [3.63, 3.8) is 0 Å². The minimum atomic E-state index is 0.789. The van der Waals surface area contributed by atoms with Crippen LogP contribution in [0.4, 0.5) is 5.82 Å². The van der Waals surface area contributed by atoms with Crippen molar-refractivity contribution < 1.29 is 0 Å². The highest BCUT2D eigenvalue weighted by Crippen LogP contribution is 2.25. The molecule has 0 atom stereocenters. The minimum Gasteiger partial charge on any atom is -0.373 e. The molecule has 4 heteroatoms. The number of nitrogens with zero attached hydrogens (tertiary/aromatic N) is 2. The van der Waals surface area contributed by atoms with Gasteiger partial charge in [-0.15, -0.1) is 11.8 Å². The normalized spacial score (nSPS) is 10.6. The first-order valence-electron chi connectivity index (χ1n) is 6.98. The molecule has 0 saturated carbocycles. The van der Waals surface area contributed by atoms with Gasteiger partial charge < -0.3 is 5.32 Å². The summed E-state index contributed by atoms with van der Waals surface area (Å²) in [6.45, 7) is 6.34. The zero-order chi connectivity index (χ0) is 14.5. The summed E-state index contributed by atoms with van der Waals surface area (Å²) in [5.41, 5.74) is 3.30. The molecule has 2 rings (SSSR count). The summed E-state index contributed by atoms with van der Waals surface area (Å²) in [4.78, 5) is 10.6. The van der Waals surface area contributed by atoms with Gasteiger partial charge in [0.05, 0.1) is 0 Å². The molecule has 1 aromatic heterocycles. The van der Waals surface area contributed by atoms with E-state index >= 15 is 0 Å². The maximum atomic E-state index is 4.64. The third-order valence-corrected chi connectivity index (χ3v) is 4.12. The van der Waals surface area contributed by atoms with Gasteiger partial charge in [-0.3, -0.25) is 0 Å². The van der Waals surface area contributed by atoms with E-state index < -0.39 is 0 Å². The molecule has 0 aliphatic carbocycles. The lowest BCUT2D eigenvalue weighted by Crippen LogP contribution is -2.04. The van der Waals surface area contributed by atoms with E-state index in [1.807, 2.05) is 25.7 Å². The molecule has 0 fully saturated rings. The number of benzene rings is 1. The SMILES string of the molecule is CCSc1ccc(-c2nc(C)c(CC)c(NC)n2)cc1. The van der Waals surface area contributed by atoms with E-state index in [0.717, 1.165) is 35.1 Å². The molecule has 2 aromatic rings. The summed E-state index contributed by atoms with van der Waals surface area (Å²) >= 11 is 1.84. The second-order valence-electron chi connectivity index (χ2n) is 4.52. The molecule has 0 aliphatic heterocycles. The van der Waals surface area contributed by atoms with Gasteiger partial charge in [0.1, 0.15) is 5.82 Å². The molecular weight excluding hydrogens is 266 g/mol. The zero-order valence-corrected chi connectivity index (χ0v) is 13.3. The Morgan fingerprint density at radius 2 is 1.80 bits per heavy atom. The fraction of sp³-hybridized carbons (Fsp3) is 0.375. The van der Waals surface area contributed by atoms with Crippen LogP contribution < -0.4 is 5.32 Å². The van der Waals surface area contributed by atoms with Gasteiger partial charge in [0.15, 0.2) is 5.82 Å². The number of anilines is 1. The van der Waals surface area contributed by atoms with Crippen LogP contribution in [0.2, 0.25) is 0 Å². The smallest absolute Gasteiger partial charge is 0.161 e. The van der Waals surface area contributed by atoms with Crippen LogP contribution in [0.25, 0.3) is 11.4 Å². The molecule has 106 valence electrons. The van der Waals surface area contributed by atoms with Gasteiger partial charge >= 0.3 is 0 Å². The maximum Gasteiger partial charge on any atom is 0.161 e. The summed E-state index contributed by atoms with van der Waals surface area (Å²) in [6, 6.07) is 8.46. The van der Waals surface area contributed by atoms with Gasteiger partial charge in [-0.1, -0.05) is 26.0 Å². The summed E-state index contributed by atoms with van der Waals surface area (Å²) in [6.07, 6.45) is 0.939. The number of thioether (sulfide) groups is 1. The van der Waals surface area contributed by atoms with E-state index in [-0.39, 0.29) is 0 Å². The first-order chi connectivity index (χ1) is 9.69. The Labute approximate surface area is 125 Å². The fourth-order valence-electron chi connectivity index (χ4n) is 2.22. The maximum absolute atomic E-state index is 4.64. The van der Waals surface area contributed by atoms with Gasteiger partial charge in [-0.2, -0.15) is 0 Å². The predicted octanol–water partition coefficient (Wildman–Crippen LogP) is 4.17. The number of aryl methyl sites for hydroxylation is 1. The van der Waals surface area contributed by atoms with Crippen LogP contribution >= 0.6 is 11.8 Å². The van der Waals surface area contributed by atoms with Crippen molar-refractivity contribution >= 4 is 17.6 Å². The van der Waals surface area contributed by atoms with Crippen molar-refractivity contribution in [2.24, 2.45) is 0 Å². The van der Waals surface area contributed by atoms with Gasteiger partial charge in [0, 0.05) is 28.8 Å². The molecule has 0 bridgehead atoms. The topological polar surface area (TPSA) is 37.8 Å². The van der Waals surface area contributed by atoms with Crippen LogP contribution in [0.15, 0.2) is 29.2 Å². The lowest BCUT2D eigenvalue weighted by Gasteiger charge is -2.11. The molecular formula is C16H21N3S. The van der Waals surface area contributed by atoms with E-state index in [9.17, 15) is 0 Å². The van der Waals surface area contributed by atoms with Crippen molar-refractivity contribution in [1.82, 2.24) is 9.97 Å². The molecule has 0 spiro atoms. The van der Waals surface area contributed by atoms with Crippen molar-refractivity contribution in [1.29, 1.82) is 0 Å². The van der Waals surface area contributed by atoms with Crippen LogP contribution in [0.5, 0.6) is 0 Å². The van der Waals surface area contributed by atoms with E-state index in [1.165, 1.54) is 10.5 Å². The molecule has 3 nitrogen and oxygen atoms in total. The zero-order valence-electron chi connectivity index (χ0n) is 12.5. The molecule has 0 radical (unpaired) electrons. The average molecular weight is 287 g/mol. The van der Waals surface area contributed by atoms with Crippen LogP contribution in [0.1, 0.15) is 25.1 Å². The summed E-state index contributed by atoms with van der Waals surface area (Å²) in [5, 5.41) is 3.17. The Balaban J connectivity index is 2.39. The molecule has 0 unspecified atom stereocenters. The fourth-order valence-corrected chi connectivity index (χ4v) is 2.88. The second kappa shape index (κ2) is 6.75. The first kappa shape index (κ1) is 14.9. The quantitative estimate of drug-likeness (QED) is 0.838. The lowest BCUT2D eigenvalue weighted by atomic mass is 10.1. The standard InChI is InChI=1S/C16H21N3S/c1-5-14-11(3)18-15(19-16(14)17-4)12-7-9-13(10-8-12)20-6-2/h7-10H,5-6H2,1-4H3,(H,17,18,19). The highest BCUT2D eigenvalue weighted by molar-refractivity contribution is 7.99. The number of aromatic nitrogens is 2. The Kier molecular flexibility index (Phi) is 5.01. The van der Waals surface area contributed by atoms with Gasteiger partial charge in [-0.25, -0.2) is 9.97 Å². The van der Waals surface area contributed by atoms with Crippen molar-refractivity contribution in [2.75, 3.05) is 18.1 Å². The largest absolute Gasteiger partial charge is 0.373 e. The molecule has 0 aliphatic rings. The average Bonchev–Trinajstić information content (AvgIpc) is 2.47. The van der Waals surface area contributed by atoms with Crippen molar-refractivity contribution in [2.45, 2.75) is 32.1 Å². The van der Waals surface area contributed by atoms with E-state index in [4.69, 9.17) is 0 Å². The van der Waals surface area contributed by atoms with Crippen LogP contribution in [0.3, 0.4) is 0 Å². The third kappa shape index (κ3) is 3.12. The van der Waals surface area contributed by atoms with Gasteiger partial charge in [0.2, 0.25) is 0 Å².